The molecule has 0 aromatic heterocycles. The average molecular weight is 411 g/mol. The molecule has 0 radical (unpaired) electrons. The van der Waals surface area contributed by atoms with E-state index < -0.39 is 12.0 Å². The fourth-order valence-corrected chi connectivity index (χ4v) is 2.91. The van der Waals surface area contributed by atoms with E-state index in [1.807, 2.05) is 26.0 Å². The molecule has 0 spiro atoms. The van der Waals surface area contributed by atoms with Crippen LogP contribution in [0.2, 0.25) is 0 Å². The normalized spacial score (nSPS) is 12.2. The van der Waals surface area contributed by atoms with E-state index in [1.54, 1.807) is 36.4 Å². The zero-order chi connectivity index (χ0) is 22.5. The topological polar surface area (TPSA) is 84.5 Å². The molecule has 0 fully saturated rings. The Labute approximate surface area is 178 Å². The van der Waals surface area contributed by atoms with Gasteiger partial charge in [-0.2, -0.15) is 0 Å². The molecule has 30 heavy (non-hydrogen) atoms. The quantitative estimate of drug-likeness (QED) is 0.700. The second kappa shape index (κ2) is 9.57. The standard InChI is InChI=1S/C24H30N2O4/c1-15(2)20(22(28)25-19-13-9-17(10-14-19)23(29)30-6)26-21(27)16-7-11-18(12-8-16)24(3,4)5/h7-15,20H,1-6H3,(H,25,28)(H,26,27)/t20-/m0/s1. The number of carbonyl (C=O) groups excluding carboxylic acids is 3. The van der Waals surface area contributed by atoms with Gasteiger partial charge in [0.2, 0.25) is 5.91 Å². The molecule has 0 unspecified atom stereocenters. The van der Waals surface area contributed by atoms with Crippen LogP contribution in [0.3, 0.4) is 0 Å². The van der Waals surface area contributed by atoms with Crippen molar-refractivity contribution in [3.8, 4) is 0 Å². The summed E-state index contributed by atoms with van der Waals surface area (Å²) in [6, 6.07) is 13.1. The maximum Gasteiger partial charge on any atom is 0.337 e. The third-order valence-electron chi connectivity index (χ3n) is 4.82. The molecule has 0 bridgehead atoms. The maximum atomic E-state index is 12.8. The first-order valence-corrected chi connectivity index (χ1v) is 9.93. The van der Waals surface area contributed by atoms with Crippen molar-refractivity contribution >= 4 is 23.5 Å². The number of esters is 1. The Balaban J connectivity index is 2.08. The zero-order valence-electron chi connectivity index (χ0n) is 18.4. The van der Waals surface area contributed by atoms with Crippen LogP contribution in [-0.4, -0.2) is 30.9 Å². The number of anilines is 1. The van der Waals surface area contributed by atoms with E-state index in [1.165, 1.54) is 7.11 Å². The van der Waals surface area contributed by atoms with E-state index in [4.69, 9.17) is 0 Å². The largest absolute Gasteiger partial charge is 0.465 e. The van der Waals surface area contributed by atoms with Crippen molar-refractivity contribution in [2.45, 2.75) is 46.1 Å². The van der Waals surface area contributed by atoms with Crippen LogP contribution in [0.1, 0.15) is 60.9 Å². The van der Waals surface area contributed by atoms with E-state index in [-0.39, 0.29) is 23.1 Å². The van der Waals surface area contributed by atoms with E-state index in [0.717, 1.165) is 5.56 Å². The third kappa shape index (κ3) is 5.92. The minimum atomic E-state index is -0.708. The van der Waals surface area contributed by atoms with Crippen LogP contribution in [0.15, 0.2) is 48.5 Å². The van der Waals surface area contributed by atoms with Gasteiger partial charge in [-0.3, -0.25) is 9.59 Å². The smallest absolute Gasteiger partial charge is 0.337 e. The van der Waals surface area contributed by atoms with Gasteiger partial charge in [0.05, 0.1) is 12.7 Å². The van der Waals surface area contributed by atoms with Crippen LogP contribution in [0.25, 0.3) is 0 Å². The summed E-state index contributed by atoms with van der Waals surface area (Å²) in [5, 5.41) is 5.61. The first-order valence-electron chi connectivity index (χ1n) is 9.93. The Bertz CT molecular complexity index is 894. The van der Waals surface area contributed by atoms with Crippen LogP contribution in [0.5, 0.6) is 0 Å². The lowest BCUT2D eigenvalue weighted by atomic mass is 9.86. The minimum Gasteiger partial charge on any atom is -0.465 e. The lowest BCUT2D eigenvalue weighted by Gasteiger charge is -2.22. The number of benzene rings is 2. The second-order valence-corrected chi connectivity index (χ2v) is 8.58. The number of amides is 2. The number of nitrogens with one attached hydrogen (secondary N) is 2. The predicted molar refractivity (Wildman–Crippen MR) is 118 cm³/mol. The van der Waals surface area contributed by atoms with Gasteiger partial charge in [0.25, 0.3) is 5.91 Å². The van der Waals surface area contributed by atoms with Crippen LogP contribution in [0, 0.1) is 5.92 Å². The molecule has 0 saturated heterocycles. The highest BCUT2D eigenvalue weighted by Gasteiger charge is 2.25. The Morgan fingerprint density at radius 1 is 0.867 bits per heavy atom. The number of ether oxygens (including phenoxy) is 1. The van der Waals surface area contributed by atoms with Crippen LogP contribution in [0.4, 0.5) is 5.69 Å². The molecule has 2 rings (SSSR count). The summed E-state index contributed by atoms with van der Waals surface area (Å²) >= 11 is 0. The third-order valence-corrected chi connectivity index (χ3v) is 4.82. The maximum absolute atomic E-state index is 12.8. The van der Waals surface area contributed by atoms with Crippen LogP contribution < -0.4 is 10.6 Å². The molecule has 0 saturated carbocycles. The molecule has 2 N–H and O–H groups in total. The summed E-state index contributed by atoms with van der Waals surface area (Å²) in [5.41, 5.74) is 2.56. The summed E-state index contributed by atoms with van der Waals surface area (Å²) in [4.78, 5) is 37.0. The van der Waals surface area contributed by atoms with E-state index in [9.17, 15) is 14.4 Å². The Kier molecular flexibility index (Phi) is 7.38. The molecule has 2 aromatic carbocycles. The Hall–Kier alpha value is -3.15. The number of rotatable bonds is 6. The molecule has 0 aliphatic rings. The molecule has 1 atom stereocenters. The van der Waals surface area contributed by atoms with Crippen molar-refractivity contribution in [1.29, 1.82) is 0 Å². The van der Waals surface area contributed by atoms with E-state index in [2.05, 4.69) is 36.1 Å². The van der Waals surface area contributed by atoms with Crippen molar-refractivity contribution in [3.63, 3.8) is 0 Å². The summed E-state index contributed by atoms with van der Waals surface area (Å²) < 4.78 is 4.66. The number of methoxy groups -OCH3 is 1. The van der Waals surface area contributed by atoms with Gasteiger partial charge in [-0.15, -0.1) is 0 Å². The fourth-order valence-electron chi connectivity index (χ4n) is 2.91. The molecule has 0 heterocycles. The average Bonchev–Trinajstić information content (AvgIpc) is 2.70. The summed E-state index contributed by atoms with van der Waals surface area (Å²) in [6.45, 7) is 10.1. The fraction of sp³-hybridized carbons (Fsp3) is 0.375. The van der Waals surface area contributed by atoms with Crippen LogP contribution >= 0.6 is 0 Å². The zero-order valence-corrected chi connectivity index (χ0v) is 18.4. The van der Waals surface area contributed by atoms with Crippen molar-refractivity contribution in [1.82, 2.24) is 5.32 Å². The number of carbonyl (C=O) groups is 3. The molecular weight excluding hydrogens is 380 g/mol. The Morgan fingerprint density at radius 2 is 1.40 bits per heavy atom. The number of hydrogen-bond acceptors (Lipinski definition) is 4. The van der Waals surface area contributed by atoms with Gasteiger partial charge in [-0.1, -0.05) is 46.8 Å². The molecule has 2 aromatic rings. The van der Waals surface area contributed by atoms with Gasteiger partial charge >= 0.3 is 5.97 Å². The molecule has 6 nitrogen and oxygen atoms in total. The SMILES string of the molecule is COC(=O)c1ccc(NC(=O)[C@@H](NC(=O)c2ccc(C(C)(C)C)cc2)C(C)C)cc1. The van der Waals surface area contributed by atoms with Gasteiger partial charge in [-0.25, -0.2) is 4.79 Å². The van der Waals surface area contributed by atoms with Gasteiger partial charge in [0.1, 0.15) is 6.04 Å². The summed E-state index contributed by atoms with van der Waals surface area (Å²) in [6.07, 6.45) is 0. The minimum absolute atomic E-state index is 0.00121. The highest BCUT2D eigenvalue weighted by Crippen LogP contribution is 2.22. The van der Waals surface area contributed by atoms with Gasteiger partial charge in [0, 0.05) is 11.3 Å². The van der Waals surface area contributed by atoms with E-state index in [0.29, 0.717) is 16.8 Å². The highest BCUT2D eigenvalue weighted by molar-refractivity contribution is 6.01. The second-order valence-electron chi connectivity index (χ2n) is 8.58. The first kappa shape index (κ1) is 23.1. The van der Waals surface area contributed by atoms with E-state index >= 15 is 0 Å². The summed E-state index contributed by atoms with van der Waals surface area (Å²) in [7, 11) is 1.31. The lowest BCUT2D eigenvalue weighted by molar-refractivity contribution is -0.118. The number of hydrogen-bond donors (Lipinski definition) is 2. The van der Waals surface area contributed by atoms with Gasteiger partial charge in [-0.05, 0) is 53.3 Å². The Morgan fingerprint density at radius 3 is 1.87 bits per heavy atom. The molecule has 0 aliphatic carbocycles. The summed E-state index contributed by atoms with van der Waals surface area (Å²) in [5.74, 6) is -1.18. The molecule has 2 amide bonds. The lowest BCUT2D eigenvalue weighted by Crippen LogP contribution is -2.47. The van der Waals surface area contributed by atoms with Gasteiger partial charge < -0.3 is 15.4 Å². The molecular formula is C24H30N2O4. The predicted octanol–water partition coefficient (Wildman–Crippen LogP) is 4.16. The molecule has 0 aliphatic heterocycles. The van der Waals surface area contributed by atoms with Gasteiger partial charge in [0.15, 0.2) is 0 Å². The van der Waals surface area contributed by atoms with Crippen LogP contribution in [-0.2, 0) is 14.9 Å². The first-order chi connectivity index (χ1) is 14.0. The highest BCUT2D eigenvalue weighted by atomic mass is 16.5. The van der Waals surface area contributed by atoms with Crippen molar-refractivity contribution < 1.29 is 19.1 Å². The monoisotopic (exact) mass is 410 g/mol. The molecule has 160 valence electrons. The van der Waals surface area contributed by atoms with Crippen molar-refractivity contribution in [3.05, 3.63) is 65.2 Å². The van der Waals surface area contributed by atoms with Crippen molar-refractivity contribution in [2.24, 2.45) is 5.92 Å². The van der Waals surface area contributed by atoms with Crippen molar-refractivity contribution in [2.75, 3.05) is 12.4 Å². The molecule has 6 heteroatoms.